The van der Waals surface area contributed by atoms with E-state index in [1.807, 2.05) is 36.4 Å². The molecule has 2 N–H and O–H groups in total. The molecule has 0 unspecified atom stereocenters. The van der Waals surface area contributed by atoms with E-state index in [1.54, 1.807) is 7.05 Å². The predicted octanol–water partition coefficient (Wildman–Crippen LogP) is 4.68. The number of hydrogen-bond donors (Lipinski definition) is 2. The van der Waals surface area contributed by atoms with Gasteiger partial charge in [-0.15, -0.1) is 0 Å². The zero-order valence-electron chi connectivity index (χ0n) is 16.1. The molecule has 0 bridgehead atoms. The van der Waals surface area contributed by atoms with Crippen molar-refractivity contribution in [1.29, 1.82) is 0 Å². The minimum atomic E-state index is -0.772. The molecule has 2 aliphatic carbocycles. The molecule has 0 amide bonds. The second-order valence-corrected chi connectivity index (χ2v) is 8.14. The van der Waals surface area contributed by atoms with Crippen LogP contribution in [-0.4, -0.2) is 23.0 Å². The standard InChI is InChI=1S/C24H29NO2/c1-25-22(18-10-2-4-12-20(18)23(26)14-6-7-15-23)19-11-3-5-13-21(19)24(27)16-8-9-17-24/h2-5,10-13,26-27H,6-9,14-17H2,1H3. The van der Waals surface area contributed by atoms with E-state index in [1.165, 1.54) is 0 Å². The summed E-state index contributed by atoms with van der Waals surface area (Å²) in [5.41, 5.74) is 3.23. The van der Waals surface area contributed by atoms with Crippen LogP contribution in [0.5, 0.6) is 0 Å². The van der Waals surface area contributed by atoms with Crippen LogP contribution in [0.2, 0.25) is 0 Å². The van der Waals surface area contributed by atoms with Gasteiger partial charge in [0.15, 0.2) is 0 Å². The minimum Gasteiger partial charge on any atom is -0.385 e. The molecular weight excluding hydrogens is 334 g/mol. The van der Waals surface area contributed by atoms with Gasteiger partial charge < -0.3 is 10.2 Å². The SMILES string of the molecule is CN=C(c1ccccc1C1(O)CCCC1)c1ccccc1C1(O)CCCC1. The Morgan fingerprint density at radius 1 is 0.704 bits per heavy atom. The zero-order valence-corrected chi connectivity index (χ0v) is 16.1. The van der Waals surface area contributed by atoms with Crippen LogP contribution in [0.3, 0.4) is 0 Å². The molecule has 0 heterocycles. The maximum Gasteiger partial charge on any atom is 0.0903 e. The highest BCUT2D eigenvalue weighted by molar-refractivity contribution is 6.14. The Bertz CT molecular complexity index is 775. The van der Waals surface area contributed by atoms with Gasteiger partial charge >= 0.3 is 0 Å². The third-order valence-electron chi connectivity index (χ3n) is 6.45. The third kappa shape index (κ3) is 3.24. The summed E-state index contributed by atoms with van der Waals surface area (Å²) in [6.45, 7) is 0. The first kappa shape index (κ1) is 18.4. The molecule has 2 saturated carbocycles. The molecule has 2 aliphatic rings. The molecule has 0 atom stereocenters. The molecular formula is C24H29NO2. The van der Waals surface area contributed by atoms with E-state index in [9.17, 15) is 10.2 Å². The lowest BCUT2D eigenvalue weighted by atomic mass is 9.81. The Labute approximate surface area is 161 Å². The normalized spacial score (nSPS) is 20.6. The van der Waals surface area contributed by atoms with Gasteiger partial charge in [0.05, 0.1) is 16.9 Å². The molecule has 3 nitrogen and oxygen atoms in total. The van der Waals surface area contributed by atoms with Crippen molar-refractivity contribution >= 4 is 5.71 Å². The molecule has 142 valence electrons. The van der Waals surface area contributed by atoms with Crippen LogP contribution < -0.4 is 0 Å². The molecule has 0 radical (unpaired) electrons. The molecule has 0 spiro atoms. The summed E-state index contributed by atoms with van der Waals surface area (Å²) in [6.07, 6.45) is 7.41. The first-order valence-corrected chi connectivity index (χ1v) is 10.2. The van der Waals surface area contributed by atoms with E-state index < -0.39 is 11.2 Å². The fraction of sp³-hybridized carbons (Fsp3) is 0.458. The Morgan fingerprint density at radius 3 is 1.44 bits per heavy atom. The Balaban J connectivity index is 1.84. The minimum absolute atomic E-state index is 0.772. The molecule has 0 saturated heterocycles. The first-order valence-electron chi connectivity index (χ1n) is 10.2. The summed E-state index contributed by atoms with van der Waals surface area (Å²) < 4.78 is 0. The monoisotopic (exact) mass is 363 g/mol. The van der Waals surface area contributed by atoms with E-state index in [-0.39, 0.29) is 0 Å². The average Bonchev–Trinajstić information content (AvgIpc) is 3.33. The second-order valence-electron chi connectivity index (χ2n) is 8.14. The van der Waals surface area contributed by atoms with Crippen LogP contribution in [0.25, 0.3) is 0 Å². The third-order valence-corrected chi connectivity index (χ3v) is 6.45. The van der Waals surface area contributed by atoms with Crippen molar-refractivity contribution in [3.63, 3.8) is 0 Å². The highest BCUT2D eigenvalue weighted by Crippen LogP contribution is 2.43. The van der Waals surface area contributed by atoms with Gasteiger partial charge in [0.2, 0.25) is 0 Å². The average molecular weight is 364 g/mol. The van der Waals surface area contributed by atoms with Gasteiger partial charge in [-0.3, -0.25) is 4.99 Å². The van der Waals surface area contributed by atoms with Crippen LogP contribution in [0.4, 0.5) is 0 Å². The maximum absolute atomic E-state index is 11.3. The lowest BCUT2D eigenvalue weighted by Gasteiger charge is -2.29. The number of benzene rings is 2. The van der Waals surface area contributed by atoms with Crippen LogP contribution >= 0.6 is 0 Å². The van der Waals surface area contributed by atoms with Gasteiger partial charge in [-0.25, -0.2) is 0 Å². The van der Waals surface area contributed by atoms with Gasteiger partial charge in [-0.2, -0.15) is 0 Å². The van der Waals surface area contributed by atoms with Crippen LogP contribution in [-0.2, 0) is 11.2 Å². The van der Waals surface area contributed by atoms with Crippen molar-refractivity contribution in [1.82, 2.24) is 0 Å². The van der Waals surface area contributed by atoms with Crippen molar-refractivity contribution in [3.05, 3.63) is 70.8 Å². The number of aliphatic hydroxyl groups is 2. The van der Waals surface area contributed by atoms with Gasteiger partial charge in [-0.1, -0.05) is 74.2 Å². The van der Waals surface area contributed by atoms with Gasteiger partial charge in [0.25, 0.3) is 0 Å². The fourth-order valence-corrected chi connectivity index (χ4v) is 5.04. The summed E-state index contributed by atoms with van der Waals surface area (Å²) in [4.78, 5) is 4.65. The van der Waals surface area contributed by atoms with Gasteiger partial charge in [0.1, 0.15) is 0 Å². The summed E-state index contributed by atoms with van der Waals surface area (Å²) >= 11 is 0. The number of hydrogen-bond acceptors (Lipinski definition) is 3. The Hall–Kier alpha value is -1.97. The molecule has 2 fully saturated rings. The lowest BCUT2D eigenvalue weighted by molar-refractivity contribution is 0.0442. The van der Waals surface area contributed by atoms with Crippen LogP contribution in [0.15, 0.2) is 53.5 Å². The quantitative estimate of drug-likeness (QED) is 0.775. The van der Waals surface area contributed by atoms with E-state index in [0.29, 0.717) is 0 Å². The van der Waals surface area contributed by atoms with E-state index in [2.05, 4.69) is 17.1 Å². The summed E-state index contributed by atoms with van der Waals surface area (Å²) in [7, 11) is 1.81. The molecule has 0 aromatic heterocycles. The zero-order chi connectivity index (χ0) is 18.9. The molecule has 3 heteroatoms. The number of nitrogens with zero attached hydrogens (tertiary/aromatic N) is 1. The smallest absolute Gasteiger partial charge is 0.0903 e. The van der Waals surface area contributed by atoms with Crippen molar-refractivity contribution in [2.75, 3.05) is 7.05 Å². The first-order chi connectivity index (χ1) is 13.1. The number of aliphatic imine (C=N–C) groups is 1. The van der Waals surface area contributed by atoms with Gasteiger partial charge in [0, 0.05) is 18.2 Å². The summed E-state index contributed by atoms with van der Waals surface area (Å²) in [5, 5.41) is 22.5. The van der Waals surface area contributed by atoms with Crippen LogP contribution in [0, 0.1) is 0 Å². The van der Waals surface area contributed by atoms with E-state index in [0.717, 1.165) is 79.3 Å². The van der Waals surface area contributed by atoms with Gasteiger partial charge in [-0.05, 0) is 36.8 Å². The largest absolute Gasteiger partial charge is 0.385 e. The number of rotatable bonds is 4. The van der Waals surface area contributed by atoms with Crippen molar-refractivity contribution < 1.29 is 10.2 Å². The van der Waals surface area contributed by atoms with Crippen LogP contribution in [0.1, 0.15) is 73.6 Å². The Kier molecular flexibility index (Phi) is 4.92. The molecule has 27 heavy (non-hydrogen) atoms. The summed E-state index contributed by atoms with van der Waals surface area (Å²) in [6, 6.07) is 16.2. The van der Waals surface area contributed by atoms with E-state index in [4.69, 9.17) is 0 Å². The second kappa shape index (κ2) is 7.21. The van der Waals surface area contributed by atoms with Crippen molar-refractivity contribution in [3.8, 4) is 0 Å². The summed E-state index contributed by atoms with van der Waals surface area (Å²) in [5.74, 6) is 0. The predicted molar refractivity (Wildman–Crippen MR) is 109 cm³/mol. The maximum atomic E-state index is 11.3. The highest BCUT2D eigenvalue weighted by Gasteiger charge is 2.38. The molecule has 2 aromatic carbocycles. The van der Waals surface area contributed by atoms with Crippen molar-refractivity contribution in [2.45, 2.75) is 62.6 Å². The molecule has 2 aromatic rings. The fourth-order valence-electron chi connectivity index (χ4n) is 5.04. The highest BCUT2D eigenvalue weighted by atomic mass is 16.3. The topological polar surface area (TPSA) is 52.8 Å². The molecule has 0 aliphatic heterocycles. The van der Waals surface area contributed by atoms with E-state index >= 15 is 0 Å². The van der Waals surface area contributed by atoms with Crippen molar-refractivity contribution in [2.24, 2.45) is 4.99 Å². The molecule has 4 rings (SSSR count). The Morgan fingerprint density at radius 2 is 1.07 bits per heavy atom. The lowest BCUT2D eigenvalue weighted by Crippen LogP contribution is -2.27.